The molecule has 1 atom stereocenters. The van der Waals surface area contributed by atoms with Gasteiger partial charge in [-0.3, -0.25) is 14.5 Å². The van der Waals surface area contributed by atoms with E-state index in [1.54, 1.807) is 41.3 Å². The van der Waals surface area contributed by atoms with Crippen molar-refractivity contribution in [1.82, 2.24) is 9.80 Å². The maximum Gasteiger partial charge on any atom is 0.252 e. The molecule has 1 N–H and O–H groups in total. The fourth-order valence-electron chi connectivity index (χ4n) is 3.34. The number of rotatable bonds is 8. The van der Waals surface area contributed by atoms with Crippen molar-refractivity contribution in [1.29, 1.82) is 0 Å². The van der Waals surface area contributed by atoms with E-state index in [0.29, 0.717) is 30.5 Å². The summed E-state index contributed by atoms with van der Waals surface area (Å²) in [6.45, 7) is 5.04. The third-order valence-corrected chi connectivity index (χ3v) is 5.27. The Balaban J connectivity index is 1.71. The maximum atomic E-state index is 13.2. The second-order valence-corrected chi connectivity index (χ2v) is 7.21. The number of carbonyl (C=O) groups excluding carboxylic acids is 2. The van der Waals surface area contributed by atoms with Crippen LogP contribution in [0.2, 0.25) is 0 Å². The lowest BCUT2D eigenvalue weighted by molar-refractivity contribution is -0.130. The quantitative estimate of drug-likeness (QED) is 0.650. The second-order valence-electron chi connectivity index (χ2n) is 6.84. The van der Waals surface area contributed by atoms with Gasteiger partial charge in [-0.1, -0.05) is 12.1 Å². The molecule has 0 aliphatic carbocycles. The van der Waals surface area contributed by atoms with Gasteiger partial charge in [0, 0.05) is 18.8 Å². The molecule has 0 spiro atoms. The lowest BCUT2D eigenvalue weighted by Gasteiger charge is -2.24. The maximum absolute atomic E-state index is 13.2. The van der Waals surface area contributed by atoms with E-state index in [-0.39, 0.29) is 24.1 Å². The van der Waals surface area contributed by atoms with Crippen LogP contribution in [-0.2, 0) is 16.1 Å². The molecule has 1 aliphatic heterocycles. The lowest BCUT2D eigenvalue weighted by atomic mass is 10.1. The van der Waals surface area contributed by atoms with E-state index in [1.165, 1.54) is 17.0 Å². The minimum Gasteiger partial charge on any atom is -0.494 e. The van der Waals surface area contributed by atoms with E-state index in [2.05, 4.69) is 5.32 Å². The molecule has 1 heterocycles. The first-order valence-corrected chi connectivity index (χ1v) is 10.2. The van der Waals surface area contributed by atoms with Crippen molar-refractivity contribution in [3.63, 3.8) is 0 Å². The summed E-state index contributed by atoms with van der Waals surface area (Å²) in [6.07, 6.45) is -0.0378. The van der Waals surface area contributed by atoms with Crippen molar-refractivity contribution >= 4 is 34.8 Å². The van der Waals surface area contributed by atoms with Crippen molar-refractivity contribution in [3.05, 3.63) is 59.9 Å². The van der Waals surface area contributed by atoms with Gasteiger partial charge in [-0.2, -0.15) is 0 Å². The van der Waals surface area contributed by atoms with Gasteiger partial charge in [0.25, 0.3) is 5.91 Å². The second kappa shape index (κ2) is 9.67. The van der Waals surface area contributed by atoms with Crippen LogP contribution >= 0.6 is 12.2 Å². The van der Waals surface area contributed by atoms with Gasteiger partial charge in [-0.25, -0.2) is 4.39 Å². The smallest absolute Gasteiger partial charge is 0.252 e. The molecule has 1 unspecified atom stereocenters. The number of anilines is 1. The number of amides is 2. The first kappa shape index (κ1) is 21.7. The molecule has 30 heavy (non-hydrogen) atoms. The average Bonchev–Trinajstić information content (AvgIpc) is 2.94. The summed E-state index contributed by atoms with van der Waals surface area (Å²) in [6, 6.07) is 12.4. The number of benzene rings is 2. The molecule has 0 bridgehead atoms. The van der Waals surface area contributed by atoms with E-state index < -0.39 is 6.04 Å². The highest BCUT2D eigenvalue weighted by Gasteiger charge is 2.42. The molecule has 1 fully saturated rings. The van der Waals surface area contributed by atoms with Crippen molar-refractivity contribution in [2.45, 2.75) is 32.9 Å². The van der Waals surface area contributed by atoms with Crippen molar-refractivity contribution in [3.8, 4) is 5.75 Å². The van der Waals surface area contributed by atoms with Crippen molar-refractivity contribution in [2.24, 2.45) is 0 Å². The molecule has 0 aromatic heterocycles. The Bertz CT molecular complexity index is 918. The molecule has 8 heteroatoms. The summed E-state index contributed by atoms with van der Waals surface area (Å²) in [4.78, 5) is 28.7. The standard InChI is InChI=1S/C22H24FN3O3S/c1-3-25-21(28)19(26(22(25)30)14-15-5-7-16(23)8-6-15)13-20(27)24-17-9-11-18(12-10-17)29-4-2/h5-12,19H,3-4,13-14H2,1-2H3,(H,24,27). The number of nitrogens with one attached hydrogen (secondary N) is 1. The highest BCUT2D eigenvalue weighted by Crippen LogP contribution is 2.24. The number of nitrogens with zero attached hydrogens (tertiary/aromatic N) is 2. The molecular weight excluding hydrogens is 405 g/mol. The first-order valence-electron chi connectivity index (χ1n) is 9.82. The summed E-state index contributed by atoms with van der Waals surface area (Å²) in [7, 11) is 0. The lowest BCUT2D eigenvalue weighted by Crippen LogP contribution is -2.37. The molecule has 2 aromatic carbocycles. The molecule has 2 amide bonds. The van der Waals surface area contributed by atoms with Crippen molar-refractivity contribution in [2.75, 3.05) is 18.5 Å². The van der Waals surface area contributed by atoms with Crippen LogP contribution in [0, 0.1) is 5.82 Å². The van der Waals surface area contributed by atoms with Crippen LogP contribution in [-0.4, -0.2) is 45.9 Å². The Labute approximate surface area is 180 Å². The number of ether oxygens (including phenoxy) is 1. The Hall–Kier alpha value is -3.00. The van der Waals surface area contributed by atoms with Gasteiger partial charge in [-0.05, 0) is 68.0 Å². The third kappa shape index (κ3) is 4.94. The van der Waals surface area contributed by atoms with E-state index >= 15 is 0 Å². The summed E-state index contributed by atoms with van der Waals surface area (Å²) < 4.78 is 18.6. The SMILES string of the molecule is CCOc1ccc(NC(=O)CC2C(=O)N(CC)C(=S)N2Cc2ccc(F)cc2)cc1. The van der Waals surface area contributed by atoms with E-state index in [1.807, 2.05) is 13.8 Å². The number of carbonyl (C=O) groups is 2. The Morgan fingerprint density at radius 1 is 1.13 bits per heavy atom. The largest absolute Gasteiger partial charge is 0.494 e. The molecular formula is C22H24FN3O3S. The van der Waals surface area contributed by atoms with Crippen LogP contribution in [0.15, 0.2) is 48.5 Å². The zero-order chi connectivity index (χ0) is 21.7. The number of halogens is 1. The van der Waals surface area contributed by atoms with Crippen LogP contribution in [0.4, 0.5) is 10.1 Å². The van der Waals surface area contributed by atoms with E-state index in [0.717, 1.165) is 11.3 Å². The van der Waals surface area contributed by atoms with Crippen LogP contribution in [0.5, 0.6) is 5.75 Å². The molecule has 2 aromatic rings. The highest BCUT2D eigenvalue weighted by atomic mass is 32.1. The average molecular weight is 430 g/mol. The molecule has 0 saturated carbocycles. The minimum absolute atomic E-state index is 0.0378. The summed E-state index contributed by atoms with van der Waals surface area (Å²) in [5.74, 6) is -0.106. The molecule has 3 rings (SSSR count). The number of hydrogen-bond donors (Lipinski definition) is 1. The van der Waals surface area contributed by atoms with Gasteiger partial charge in [0.2, 0.25) is 5.91 Å². The Kier molecular flexibility index (Phi) is 6.99. The summed E-state index contributed by atoms with van der Waals surface area (Å²) >= 11 is 5.47. The van der Waals surface area contributed by atoms with Gasteiger partial charge >= 0.3 is 0 Å². The van der Waals surface area contributed by atoms with E-state index in [9.17, 15) is 14.0 Å². The molecule has 1 saturated heterocycles. The predicted octanol–water partition coefficient (Wildman–Crippen LogP) is 3.57. The van der Waals surface area contributed by atoms with Crippen molar-refractivity contribution < 1.29 is 18.7 Å². The Morgan fingerprint density at radius 2 is 1.80 bits per heavy atom. The fourth-order valence-corrected chi connectivity index (χ4v) is 3.75. The summed E-state index contributed by atoms with van der Waals surface area (Å²) in [5.41, 5.74) is 1.43. The first-order chi connectivity index (χ1) is 14.4. The normalized spacial score (nSPS) is 16.2. The topological polar surface area (TPSA) is 61.9 Å². The van der Waals surface area contributed by atoms with Crippen LogP contribution in [0.1, 0.15) is 25.8 Å². The third-order valence-electron chi connectivity index (χ3n) is 4.81. The monoisotopic (exact) mass is 429 g/mol. The zero-order valence-corrected chi connectivity index (χ0v) is 17.7. The van der Waals surface area contributed by atoms with Gasteiger partial charge in [0.15, 0.2) is 5.11 Å². The molecule has 158 valence electrons. The van der Waals surface area contributed by atoms with Crippen LogP contribution < -0.4 is 10.1 Å². The molecule has 1 aliphatic rings. The number of thiocarbonyl (C=S) groups is 1. The number of hydrogen-bond acceptors (Lipinski definition) is 4. The number of likely N-dealkylation sites (N-methyl/N-ethyl adjacent to an activating group) is 1. The van der Waals surface area contributed by atoms with Crippen LogP contribution in [0.3, 0.4) is 0 Å². The Morgan fingerprint density at radius 3 is 2.40 bits per heavy atom. The van der Waals surface area contributed by atoms with Gasteiger partial charge in [0.05, 0.1) is 13.0 Å². The van der Waals surface area contributed by atoms with Gasteiger partial charge in [-0.15, -0.1) is 0 Å². The van der Waals surface area contributed by atoms with Gasteiger partial charge < -0.3 is 15.0 Å². The van der Waals surface area contributed by atoms with E-state index in [4.69, 9.17) is 17.0 Å². The van der Waals surface area contributed by atoms with Crippen LogP contribution in [0.25, 0.3) is 0 Å². The summed E-state index contributed by atoms with van der Waals surface area (Å²) in [5, 5.41) is 3.19. The fraction of sp³-hybridized carbons (Fsp3) is 0.318. The molecule has 6 nitrogen and oxygen atoms in total. The molecule has 0 radical (unpaired) electrons. The predicted molar refractivity (Wildman–Crippen MR) is 117 cm³/mol. The zero-order valence-electron chi connectivity index (χ0n) is 16.9. The highest BCUT2D eigenvalue weighted by molar-refractivity contribution is 7.80. The minimum atomic E-state index is -0.704. The van der Waals surface area contributed by atoms with Gasteiger partial charge in [0.1, 0.15) is 17.6 Å².